The second kappa shape index (κ2) is 10.6. The lowest BCUT2D eigenvalue weighted by Crippen LogP contribution is -2.50. The quantitative estimate of drug-likeness (QED) is 0.428. The number of anilines is 1. The van der Waals surface area contributed by atoms with E-state index in [1.807, 2.05) is 0 Å². The molecular formula is C22H18F6N6O4S. The van der Waals surface area contributed by atoms with Crippen LogP contribution in [0.5, 0.6) is 0 Å². The number of carbonyl (C=O) groups excluding carboxylic acids is 2. The molecular weight excluding hydrogens is 558 g/mol. The summed E-state index contributed by atoms with van der Waals surface area (Å²) < 4.78 is 96.0. The van der Waals surface area contributed by atoms with Crippen LogP contribution in [0.3, 0.4) is 0 Å². The van der Waals surface area contributed by atoms with Crippen molar-refractivity contribution >= 4 is 27.4 Å². The number of para-hydroxylation sites is 1. The lowest BCUT2D eigenvalue weighted by atomic mass is 10.2. The zero-order valence-electron chi connectivity index (χ0n) is 19.6. The van der Waals surface area contributed by atoms with Crippen LogP contribution in [-0.2, 0) is 27.2 Å². The van der Waals surface area contributed by atoms with Crippen molar-refractivity contribution in [2.75, 3.05) is 29.5 Å². The highest BCUT2D eigenvalue weighted by Crippen LogP contribution is 2.30. The van der Waals surface area contributed by atoms with Crippen LogP contribution in [0.1, 0.15) is 11.6 Å². The third-order valence-corrected chi connectivity index (χ3v) is 7.62. The van der Waals surface area contributed by atoms with Crippen LogP contribution in [0.25, 0.3) is 11.5 Å². The lowest BCUT2D eigenvalue weighted by molar-refractivity contribution is -0.169. The molecule has 3 amide bonds. The second-order valence-electron chi connectivity index (χ2n) is 8.21. The summed E-state index contributed by atoms with van der Waals surface area (Å²) in [5.74, 6) is -5.17. The Bertz CT molecular complexity index is 1450. The Morgan fingerprint density at radius 1 is 1.00 bits per heavy atom. The standard InChI is InChI=1S/C22H18F6N6O4S/c23-21(24,25)18(35)32-39(37)10-8-33(9-11-39)20(36)34(16-4-2-1-3-5-16)13-15-7-6-14(12-29-15)17-30-31-19(38-17)22(26,27)28/h1-7,12H,8-11,13H2. The van der Waals surface area contributed by atoms with Gasteiger partial charge in [-0.05, 0) is 24.3 Å². The average Bonchev–Trinajstić information content (AvgIpc) is 3.39. The Hall–Kier alpha value is -4.02. The number of benzene rings is 1. The molecule has 0 N–H and O–H groups in total. The molecule has 0 aliphatic carbocycles. The van der Waals surface area contributed by atoms with Crippen LogP contribution >= 0.6 is 0 Å². The number of hydrogen-bond acceptors (Lipinski definition) is 7. The predicted molar refractivity (Wildman–Crippen MR) is 123 cm³/mol. The maximum absolute atomic E-state index is 13.4. The van der Waals surface area contributed by atoms with Gasteiger partial charge in [0.1, 0.15) is 0 Å². The number of aromatic nitrogens is 3. The van der Waals surface area contributed by atoms with E-state index in [-0.39, 0.29) is 25.2 Å². The largest absolute Gasteiger partial charge is 0.474 e. The highest BCUT2D eigenvalue weighted by Gasteiger charge is 2.41. The monoisotopic (exact) mass is 576 g/mol. The first-order chi connectivity index (χ1) is 18.2. The summed E-state index contributed by atoms with van der Waals surface area (Å²) in [6, 6.07) is 10.6. The Labute approximate surface area is 216 Å². The van der Waals surface area contributed by atoms with Crippen molar-refractivity contribution in [3.05, 3.63) is 60.2 Å². The van der Waals surface area contributed by atoms with Gasteiger partial charge in [-0.3, -0.25) is 14.7 Å². The van der Waals surface area contributed by atoms with Crippen LogP contribution in [0.2, 0.25) is 0 Å². The van der Waals surface area contributed by atoms with Gasteiger partial charge in [0.15, 0.2) is 0 Å². The van der Waals surface area contributed by atoms with Crippen LogP contribution in [0, 0.1) is 0 Å². The third-order valence-electron chi connectivity index (χ3n) is 5.48. The van der Waals surface area contributed by atoms with Gasteiger partial charge >= 0.3 is 30.2 Å². The zero-order chi connectivity index (χ0) is 28.4. The minimum Gasteiger partial charge on any atom is -0.413 e. The molecule has 39 heavy (non-hydrogen) atoms. The summed E-state index contributed by atoms with van der Waals surface area (Å²) in [6.45, 7) is -0.509. The molecule has 1 saturated heterocycles. The van der Waals surface area contributed by atoms with Crippen LogP contribution in [-0.4, -0.2) is 67.0 Å². The van der Waals surface area contributed by atoms with Gasteiger partial charge in [0.05, 0.1) is 39.0 Å². The van der Waals surface area contributed by atoms with E-state index in [2.05, 4.69) is 24.0 Å². The number of amides is 3. The van der Waals surface area contributed by atoms with Gasteiger partial charge in [-0.1, -0.05) is 18.2 Å². The van der Waals surface area contributed by atoms with Gasteiger partial charge in [0.2, 0.25) is 5.89 Å². The molecule has 17 heteroatoms. The molecule has 0 bridgehead atoms. The van der Waals surface area contributed by atoms with Crippen molar-refractivity contribution in [3.8, 4) is 11.5 Å². The number of alkyl halides is 6. The van der Waals surface area contributed by atoms with E-state index in [1.54, 1.807) is 30.3 Å². The summed E-state index contributed by atoms with van der Waals surface area (Å²) >= 11 is 0. The van der Waals surface area contributed by atoms with E-state index in [4.69, 9.17) is 0 Å². The highest BCUT2D eigenvalue weighted by atomic mass is 32.2. The van der Waals surface area contributed by atoms with E-state index in [9.17, 15) is 40.1 Å². The fraction of sp³-hybridized carbons (Fsp3) is 0.318. The normalized spacial score (nSPS) is 15.6. The van der Waals surface area contributed by atoms with Gasteiger partial charge in [0, 0.05) is 25.0 Å². The van der Waals surface area contributed by atoms with Crippen molar-refractivity contribution in [3.63, 3.8) is 0 Å². The van der Waals surface area contributed by atoms with Gasteiger partial charge in [-0.15, -0.1) is 10.2 Å². The van der Waals surface area contributed by atoms with Crippen LogP contribution in [0.15, 0.2) is 57.4 Å². The Morgan fingerprint density at radius 2 is 1.67 bits per heavy atom. The number of urea groups is 1. The Kier molecular flexibility index (Phi) is 7.63. The summed E-state index contributed by atoms with van der Waals surface area (Å²) in [4.78, 5) is 31.3. The number of hydrogen-bond donors (Lipinski definition) is 0. The maximum atomic E-state index is 13.4. The Morgan fingerprint density at radius 3 is 2.21 bits per heavy atom. The number of pyridine rings is 1. The molecule has 0 atom stereocenters. The molecule has 0 unspecified atom stereocenters. The molecule has 3 heterocycles. The molecule has 1 fully saturated rings. The number of halogens is 6. The minimum atomic E-state index is -5.24. The van der Waals surface area contributed by atoms with Gasteiger partial charge < -0.3 is 9.32 Å². The smallest absolute Gasteiger partial charge is 0.413 e. The maximum Gasteiger partial charge on any atom is 0.474 e. The molecule has 0 spiro atoms. The van der Waals surface area contributed by atoms with E-state index in [0.717, 1.165) is 0 Å². The molecule has 3 aromatic rings. The van der Waals surface area contributed by atoms with Crippen molar-refractivity contribution in [2.24, 2.45) is 4.36 Å². The first-order valence-corrected chi connectivity index (χ1v) is 12.9. The highest BCUT2D eigenvalue weighted by molar-refractivity contribution is 7.94. The Balaban J connectivity index is 1.51. The molecule has 1 aliphatic heterocycles. The molecule has 2 aromatic heterocycles. The molecule has 10 nitrogen and oxygen atoms in total. The van der Waals surface area contributed by atoms with E-state index in [0.29, 0.717) is 11.4 Å². The first kappa shape index (κ1) is 28.0. The fourth-order valence-corrected chi connectivity index (χ4v) is 5.32. The SMILES string of the molecule is O=C(N1CCS(=O)(=NC(=O)C(F)(F)F)CC1)N(Cc1ccc(-c2nnc(C(F)(F)F)o2)cn1)c1ccccc1. The molecule has 208 valence electrons. The lowest BCUT2D eigenvalue weighted by Gasteiger charge is -2.33. The summed E-state index contributed by atoms with van der Waals surface area (Å²) in [5, 5.41) is 6.32. The van der Waals surface area contributed by atoms with E-state index < -0.39 is 57.3 Å². The predicted octanol–water partition coefficient (Wildman–Crippen LogP) is 4.15. The van der Waals surface area contributed by atoms with Crippen molar-refractivity contribution in [2.45, 2.75) is 18.9 Å². The van der Waals surface area contributed by atoms with Gasteiger partial charge in [-0.25, -0.2) is 9.00 Å². The summed E-state index contributed by atoms with van der Waals surface area (Å²) in [7, 11) is -3.49. The van der Waals surface area contributed by atoms with Crippen molar-refractivity contribution in [1.29, 1.82) is 0 Å². The third kappa shape index (κ3) is 6.71. The molecule has 0 saturated carbocycles. The summed E-state index contributed by atoms with van der Waals surface area (Å²) in [5.41, 5.74) is 0.892. The number of rotatable bonds is 4. The molecule has 1 aliphatic rings. The van der Waals surface area contributed by atoms with E-state index >= 15 is 0 Å². The molecule has 1 aromatic carbocycles. The minimum absolute atomic E-state index is 0.0937. The number of carbonyl (C=O) groups is 2. The second-order valence-corrected chi connectivity index (χ2v) is 10.8. The van der Waals surface area contributed by atoms with Crippen molar-refractivity contribution < 1.29 is 44.6 Å². The summed E-state index contributed by atoms with van der Waals surface area (Å²) in [6.07, 6.45) is -8.85. The fourth-order valence-electron chi connectivity index (χ4n) is 3.51. The number of nitrogens with zero attached hydrogens (tertiary/aromatic N) is 6. The van der Waals surface area contributed by atoms with Gasteiger partial charge in [0.25, 0.3) is 0 Å². The van der Waals surface area contributed by atoms with Gasteiger partial charge in [-0.2, -0.15) is 30.7 Å². The molecule has 0 radical (unpaired) electrons. The first-order valence-electron chi connectivity index (χ1n) is 11.1. The zero-order valence-corrected chi connectivity index (χ0v) is 20.5. The van der Waals surface area contributed by atoms with E-state index in [1.165, 1.54) is 28.1 Å². The van der Waals surface area contributed by atoms with Crippen LogP contribution < -0.4 is 4.90 Å². The topological polar surface area (TPSA) is 122 Å². The average molecular weight is 576 g/mol. The molecule has 4 rings (SSSR count). The van der Waals surface area contributed by atoms with Crippen molar-refractivity contribution in [1.82, 2.24) is 20.1 Å². The van der Waals surface area contributed by atoms with Crippen LogP contribution in [0.4, 0.5) is 36.8 Å².